The summed E-state index contributed by atoms with van der Waals surface area (Å²) in [4.78, 5) is 0. The summed E-state index contributed by atoms with van der Waals surface area (Å²) in [5, 5.41) is 8.60. The number of nitrogens with zero attached hydrogens (tertiary/aromatic N) is 1. The van der Waals surface area contributed by atoms with Crippen LogP contribution in [0.15, 0.2) is 39.2 Å². The van der Waals surface area contributed by atoms with Gasteiger partial charge in [-0.15, -0.1) is 0 Å². The molecule has 0 spiro atoms. The fraction of sp³-hybridized carbons (Fsp3) is 0.0833. The van der Waals surface area contributed by atoms with Crippen LogP contribution in [-0.2, 0) is 6.18 Å². The highest BCUT2D eigenvalue weighted by Gasteiger charge is 2.34. The lowest BCUT2D eigenvalue weighted by atomic mass is 10.1. The Labute approximate surface area is 109 Å². The minimum Gasteiger partial charge on any atom is -0.446 e. The highest BCUT2D eigenvalue weighted by molar-refractivity contribution is 9.10. The number of nitriles is 1. The summed E-state index contributed by atoms with van der Waals surface area (Å²) in [7, 11) is 0. The van der Waals surface area contributed by atoms with Crippen LogP contribution in [-0.4, -0.2) is 0 Å². The Bertz CT molecular complexity index is 625. The van der Waals surface area contributed by atoms with Crippen molar-refractivity contribution >= 4 is 15.9 Å². The number of rotatable bonds is 1. The van der Waals surface area contributed by atoms with Crippen LogP contribution in [0.5, 0.6) is 0 Å². The van der Waals surface area contributed by atoms with Crippen molar-refractivity contribution in [3.63, 3.8) is 0 Å². The van der Waals surface area contributed by atoms with E-state index >= 15 is 0 Å². The number of furan rings is 1. The van der Waals surface area contributed by atoms with E-state index in [1.54, 1.807) is 6.07 Å². The second-order valence-corrected chi connectivity index (χ2v) is 4.38. The van der Waals surface area contributed by atoms with Crippen LogP contribution < -0.4 is 0 Å². The van der Waals surface area contributed by atoms with Gasteiger partial charge in [-0.3, -0.25) is 0 Å². The summed E-state index contributed by atoms with van der Waals surface area (Å²) in [5.41, 5.74) is -0.900. The summed E-state index contributed by atoms with van der Waals surface area (Å²) in [6, 6.07) is 8.16. The molecule has 0 bridgehead atoms. The van der Waals surface area contributed by atoms with Gasteiger partial charge < -0.3 is 4.42 Å². The molecule has 0 saturated carbocycles. The van der Waals surface area contributed by atoms with Crippen molar-refractivity contribution in [2.24, 2.45) is 0 Å². The van der Waals surface area contributed by atoms with Crippen molar-refractivity contribution in [3.8, 4) is 17.4 Å². The van der Waals surface area contributed by atoms with Gasteiger partial charge in [0.15, 0.2) is 0 Å². The molecule has 0 amide bonds. The number of benzene rings is 1. The SMILES string of the molecule is N#Cc1ccc(-c2ccc(Br)cc2C(F)(F)F)o1. The molecule has 0 N–H and O–H groups in total. The zero-order valence-corrected chi connectivity index (χ0v) is 10.3. The van der Waals surface area contributed by atoms with Gasteiger partial charge in [0.25, 0.3) is 0 Å². The molecule has 0 aliphatic rings. The van der Waals surface area contributed by atoms with Crippen molar-refractivity contribution < 1.29 is 17.6 Å². The summed E-state index contributed by atoms with van der Waals surface area (Å²) >= 11 is 3.00. The Morgan fingerprint density at radius 2 is 1.89 bits per heavy atom. The first-order valence-electron chi connectivity index (χ1n) is 4.79. The Balaban J connectivity index is 2.61. The van der Waals surface area contributed by atoms with Gasteiger partial charge in [-0.2, -0.15) is 18.4 Å². The molecular formula is C12H5BrF3NO. The van der Waals surface area contributed by atoms with Gasteiger partial charge in [0.1, 0.15) is 11.8 Å². The summed E-state index contributed by atoms with van der Waals surface area (Å²) < 4.78 is 44.0. The van der Waals surface area contributed by atoms with Crippen LogP contribution in [0.4, 0.5) is 13.2 Å². The first kappa shape index (κ1) is 12.7. The maximum Gasteiger partial charge on any atom is 0.417 e. The standard InChI is InChI=1S/C12H5BrF3NO/c13-7-1-3-9(10(5-7)12(14,15)16)11-4-2-8(6-17)18-11/h1-5H. The molecule has 0 radical (unpaired) electrons. The van der Waals surface area contributed by atoms with Crippen molar-refractivity contribution in [2.45, 2.75) is 6.18 Å². The molecule has 2 nitrogen and oxygen atoms in total. The Hall–Kier alpha value is -1.74. The highest BCUT2D eigenvalue weighted by atomic mass is 79.9. The highest BCUT2D eigenvalue weighted by Crippen LogP contribution is 2.39. The predicted octanol–water partition coefficient (Wildman–Crippen LogP) is 4.60. The van der Waals surface area contributed by atoms with Crippen LogP contribution in [0.2, 0.25) is 0 Å². The smallest absolute Gasteiger partial charge is 0.417 e. The van der Waals surface area contributed by atoms with Gasteiger partial charge in [0, 0.05) is 10.0 Å². The third kappa shape index (κ3) is 2.41. The zero-order valence-electron chi connectivity index (χ0n) is 8.75. The molecule has 2 aromatic rings. The molecule has 0 fully saturated rings. The van der Waals surface area contributed by atoms with Crippen LogP contribution in [0.1, 0.15) is 11.3 Å². The zero-order chi connectivity index (χ0) is 13.3. The van der Waals surface area contributed by atoms with E-state index < -0.39 is 11.7 Å². The molecule has 2 rings (SSSR count). The number of hydrogen-bond acceptors (Lipinski definition) is 2. The lowest BCUT2D eigenvalue weighted by Crippen LogP contribution is -2.06. The lowest BCUT2D eigenvalue weighted by molar-refractivity contribution is -0.137. The average molecular weight is 316 g/mol. The minimum absolute atomic E-state index is 0.0198. The van der Waals surface area contributed by atoms with Crippen LogP contribution in [0.3, 0.4) is 0 Å². The van der Waals surface area contributed by atoms with E-state index in [0.717, 1.165) is 6.07 Å². The molecule has 1 heterocycles. The van der Waals surface area contributed by atoms with Gasteiger partial charge >= 0.3 is 6.18 Å². The van der Waals surface area contributed by atoms with Crippen LogP contribution in [0, 0.1) is 11.3 Å². The first-order valence-corrected chi connectivity index (χ1v) is 5.58. The summed E-state index contributed by atoms with van der Waals surface area (Å²) in [5.74, 6) is -0.00702. The van der Waals surface area contributed by atoms with Gasteiger partial charge in [-0.1, -0.05) is 15.9 Å². The van der Waals surface area contributed by atoms with Gasteiger partial charge in [-0.05, 0) is 30.3 Å². The second kappa shape index (κ2) is 4.50. The Kier molecular flexibility index (Phi) is 3.18. The molecule has 0 atom stereocenters. The number of halogens is 4. The molecule has 1 aromatic carbocycles. The number of alkyl halides is 3. The Morgan fingerprint density at radius 3 is 2.44 bits per heavy atom. The maximum atomic E-state index is 12.9. The van der Waals surface area contributed by atoms with Crippen molar-refractivity contribution in [2.75, 3.05) is 0 Å². The first-order chi connectivity index (χ1) is 8.41. The molecule has 92 valence electrons. The van der Waals surface area contributed by atoms with Crippen molar-refractivity contribution in [3.05, 3.63) is 46.1 Å². The summed E-state index contributed by atoms with van der Waals surface area (Å²) in [6.07, 6.45) is -4.49. The monoisotopic (exact) mass is 315 g/mol. The van der Waals surface area contributed by atoms with Crippen LogP contribution in [0.25, 0.3) is 11.3 Å². The van der Waals surface area contributed by atoms with Gasteiger partial charge in [0.05, 0.1) is 5.56 Å². The lowest BCUT2D eigenvalue weighted by Gasteiger charge is -2.11. The third-order valence-electron chi connectivity index (χ3n) is 2.27. The predicted molar refractivity (Wildman–Crippen MR) is 61.6 cm³/mol. The van der Waals surface area contributed by atoms with E-state index in [2.05, 4.69) is 15.9 Å². The molecule has 0 saturated heterocycles. The van der Waals surface area contributed by atoms with Gasteiger partial charge in [-0.25, -0.2) is 0 Å². The topological polar surface area (TPSA) is 36.9 Å². The molecule has 18 heavy (non-hydrogen) atoms. The third-order valence-corrected chi connectivity index (χ3v) is 2.76. The number of hydrogen-bond donors (Lipinski definition) is 0. The molecule has 0 aliphatic heterocycles. The fourth-order valence-electron chi connectivity index (χ4n) is 1.51. The van der Waals surface area contributed by atoms with E-state index in [9.17, 15) is 13.2 Å². The van der Waals surface area contributed by atoms with Crippen molar-refractivity contribution in [1.29, 1.82) is 5.26 Å². The van der Waals surface area contributed by atoms with E-state index in [0.29, 0.717) is 4.47 Å². The van der Waals surface area contributed by atoms with Crippen LogP contribution >= 0.6 is 15.9 Å². The summed E-state index contributed by atoms with van der Waals surface area (Å²) in [6.45, 7) is 0. The van der Waals surface area contributed by atoms with E-state index in [4.69, 9.17) is 9.68 Å². The van der Waals surface area contributed by atoms with Crippen molar-refractivity contribution in [1.82, 2.24) is 0 Å². The normalized spacial score (nSPS) is 11.3. The second-order valence-electron chi connectivity index (χ2n) is 3.46. The molecule has 6 heteroatoms. The minimum atomic E-state index is -4.49. The van der Waals surface area contributed by atoms with E-state index in [1.165, 1.54) is 24.3 Å². The maximum absolute atomic E-state index is 12.9. The largest absolute Gasteiger partial charge is 0.446 e. The van der Waals surface area contributed by atoms with E-state index in [1.807, 2.05) is 0 Å². The molecule has 0 unspecified atom stereocenters. The molecule has 1 aromatic heterocycles. The van der Waals surface area contributed by atoms with E-state index in [-0.39, 0.29) is 17.1 Å². The quantitative estimate of drug-likeness (QED) is 0.771. The van der Waals surface area contributed by atoms with Gasteiger partial charge in [0.2, 0.25) is 5.76 Å². The molecule has 0 aliphatic carbocycles. The average Bonchev–Trinajstić information content (AvgIpc) is 2.76. The Morgan fingerprint density at radius 1 is 1.17 bits per heavy atom. The fourth-order valence-corrected chi connectivity index (χ4v) is 1.87. The molecular weight excluding hydrogens is 311 g/mol.